The fraction of sp³-hybridized carbons (Fsp3) is 0.567. The van der Waals surface area contributed by atoms with Crippen molar-refractivity contribution in [2.45, 2.75) is 58.5 Å². The number of allylic oxidation sites excluding steroid dienone is 1. The van der Waals surface area contributed by atoms with Gasteiger partial charge in [-0.1, -0.05) is 19.9 Å². The van der Waals surface area contributed by atoms with Gasteiger partial charge in [0.05, 0.1) is 11.9 Å². The van der Waals surface area contributed by atoms with Gasteiger partial charge in [0.2, 0.25) is 11.9 Å². The number of ether oxygens (including phenoxy) is 1. The smallest absolute Gasteiger partial charge is 0.404 e. The molecule has 3 aliphatic heterocycles. The van der Waals surface area contributed by atoms with Crippen molar-refractivity contribution in [3.63, 3.8) is 0 Å². The van der Waals surface area contributed by atoms with Crippen LogP contribution in [0.1, 0.15) is 40.0 Å². The number of aromatic nitrogens is 2. The summed E-state index contributed by atoms with van der Waals surface area (Å²) >= 11 is 0. The standard InChI is InChI=1S/C30H41F3N8O2/c1-5-12-39-13-10-21(11-14-39)41-24(6-2)28(42)37(4)25-20-34-29(36-27(25)41)35-23-19-22(8-9-26(23)43-30(31,32)33)40-17-15-38(7-3)16-18-40/h5,8-9,12,19-21,24H,6-7,10-11,13-18H2,1-4H3,(H,34,35,36)/t24-/m1/s1. The molecular weight excluding hydrogens is 561 g/mol. The minimum absolute atomic E-state index is 0.0214. The molecule has 3 aliphatic rings. The molecule has 0 spiro atoms. The molecule has 1 N–H and O–H groups in total. The third-order valence-electron chi connectivity index (χ3n) is 8.57. The summed E-state index contributed by atoms with van der Waals surface area (Å²) < 4.78 is 44.5. The normalized spacial score (nSPS) is 20.6. The highest BCUT2D eigenvalue weighted by molar-refractivity contribution is 6.04. The highest BCUT2D eigenvalue weighted by Crippen LogP contribution is 2.40. The second-order valence-electron chi connectivity index (χ2n) is 11.2. The van der Waals surface area contributed by atoms with Crippen LogP contribution in [0.25, 0.3) is 0 Å². The van der Waals surface area contributed by atoms with Gasteiger partial charge in [-0.25, -0.2) is 4.98 Å². The Morgan fingerprint density at radius 1 is 1.09 bits per heavy atom. The van der Waals surface area contributed by atoms with Crippen LogP contribution in [0.5, 0.6) is 5.75 Å². The maximum atomic E-state index is 13.4. The SMILES string of the molecule is CC=CN1CCC(N2c3nc(Nc4cc(N5CCN(CC)CC5)ccc4OC(F)(F)F)ncc3N(C)C(=O)[C@H]2CC)CC1. The van der Waals surface area contributed by atoms with Crippen LogP contribution in [0.15, 0.2) is 36.7 Å². The number of piperidine rings is 1. The van der Waals surface area contributed by atoms with Crippen molar-refractivity contribution in [2.75, 3.05) is 72.9 Å². The number of carbonyl (C=O) groups is 1. The summed E-state index contributed by atoms with van der Waals surface area (Å²) in [7, 11) is 1.71. The maximum absolute atomic E-state index is 13.4. The summed E-state index contributed by atoms with van der Waals surface area (Å²) in [5.41, 5.74) is 1.48. The van der Waals surface area contributed by atoms with E-state index in [4.69, 9.17) is 4.98 Å². The van der Waals surface area contributed by atoms with Crippen LogP contribution in [0.2, 0.25) is 0 Å². The van der Waals surface area contributed by atoms with Gasteiger partial charge in [0.15, 0.2) is 11.6 Å². The number of carbonyl (C=O) groups excluding carboxylic acids is 1. The molecule has 0 saturated carbocycles. The molecule has 1 aromatic heterocycles. The van der Waals surface area contributed by atoms with E-state index in [9.17, 15) is 18.0 Å². The lowest BCUT2D eigenvalue weighted by molar-refractivity contribution is -0.274. The number of nitrogens with zero attached hydrogens (tertiary/aromatic N) is 7. The van der Waals surface area contributed by atoms with Gasteiger partial charge in [-0.2, -0.15) is 4.98 Å². The first-order valence-electron chi connectivity index (χ1n) is 15.1. The van der Waals surface area contributed by atoms with Gasteiger partial charge < -0.3 is 34.6 Å². The highest BCUT2D eigenvalue weighted by Gasteiger charge is 2.41. The number of nitrogens with one attached hydrogen (secondary N) is 1. The van der Waals surface area contributed by atoms with Gasteiger partial charge in [-0.05, 0) is 57.1 Å². The predicted molar refractivity (Wildman–Crippen MR) is 162 cm³/mol. The van der Waals surface area contributed by atoms with Crippen LogP contribution in [-0.2, 0) is 4.79 Å². The molecule has 0 radical (unpaired) electrons. The zero-order valence-electron chi connectivity index (χ0n) is 25.3. The van der Waals surface area contributed by atoms with Crippen LogP contribution in [-0.4, -0.2) is 97.0 Å². The lowest BCUT2D eigenvalue weighted by atomic mass is 9.97. The van der Waals surface area contributed by atoms with Crippen molar-refractivity contribution in [1.29, 1.82) is 0 Å². The average molecular weight is 603 g/mol. The van der Waals surface area contributed by atoms with Gasteiger partial charge in [0.25, 0.3) is 0 Å². The third kappa shape index (κ3) is 6.76. The molecule has 2 aromatic rings. The van der Waals surface area contributed by atoms with E-state index < -0.39 is 12.4 Å². The molecule has 0 aliphatic carbocycles. The van der Waals surface area contributed by atoms with Crippen molar-refractivity contribution in [3.8, 4) is 5.75 Å². The number of likely N-dealkylation sites (tertiary alicyclic amines) is 1. The fourth-order valence-corrected chi connectivity index (χ4v) is 6.25. The Hall–Kier alpha value is -3.74. The summed E-state index contributed by atoms with van der Waals surface area (Å²) in [4.78, 5) is 33.1. The molecular formula is C30H41F3N8O2. The Balaban J connectivity index is 1.47. The van der Waals surface area contributed by atoms with Crippen LogP contribution < -0.4 is 24.8 Å². The first-order valence-corrected chi connectivity index (χ1v) is 15.1. The van der Waals surface area contributed by atoms with E-state index in [2.05, 4.69) is 47.8 Å². The Morgan fingerprint density at radius 3 is 2.44 bits per heavy atom. The Morgan fingerprint density at radius 2 is 1.81 bits per heavy atom. The second-order valence-corrected chi connectivity index (χ2v) is 11.2. The summed E-state index contributed by atoms with van der Waals surface area (Å²) in [6, 6.07) is 4.33. The average Bonchev–Trinajstić information content (AvgIpc) is 2.99. The lowest BCUT2D eigenvalue weighted by Crippen LogP contribution is -2.58. The molecule has 234 valence electrons. The molecule has 1 amide bonds. The number of alkyl halides is 3. The Bertz CT molecular complexity index is 1310. The monoisotopic (exact) mass is 602 g/mol. The molecule has 2 saturated heterocycles. The number of likely N-dealkylation sites (N-methyl/N-ethyl adjacent to an activating group) is 2. The van der Waals surface area contributed by atoms with Gasteiger partial charge in [-0.15, -0.1) is 13.2 Å². The molecule has 2 fully saturated rings. The van der Waals surface area contributed by atoms with Crippen LogP contribution >= 0.6 is 0 Å². The van der Waals surface area contributed by atoms with E-state index in [1.807, 2.05) is 19.9 Å². The van der Waals surface area contributed by atoms with Crippen molar-refractivity contribution in [2.24, 2.45) is 0 Å². The molecule has 43 heavy (non-hydrogen) atoms. The largest absolute Gasteiger partial charge is 0.573 e. The van der Waals surface area contributed by atoms with Crippen LogP contribution in [0.3, 0.4) is 0 Å². The number of anilines is 5. The number of benzene rings is 1. The zero-order valence-corrected chi connectivity index (χ0v) is 25.3. The summed E-state index contributed by atoms with van der Waals surface area (Å²) in [6.45, 7) is 12.0. The van der Waals surface area contributed by atoms with Crippen molar-refractivity contribution < 1.29 is 22.7 Å². The minimum Gasteiger partial charge on any atom is -0.404 e. The molecule has 5 rings (SSSR count). The summed E-state index contributed by atoms with van der Waals surface area (Å²) in [5.74, 6) is 0.345. The third-order valence-corrected chi connectivity index (χ3v) is 8.57. The Kier molecular flexibility index (Phi) is 9.19. The number of piperazine rings is 1. The summed E-state index contributed by atoms with van der Waals surface area (Å²) in [5, 5.41) is 3.02. The van der Waals surface area contributed by atoms with E-state index in [1.165, 1.54) is 6.07 Å². The molecule has 4 heterocycles. The second kappa shape index (κ2) is 12.9. The molecule has 0 unspecified atom stereocenters. The van der Waals surface area contributed by atoms with E-state index in [-0.39, 0.29) is 29.3 Å². The van der Waals surface area contributed by atoms with Crippen molar-refractivity contribution in [1.82, 2.24) is 19.8 Å². The van der Waals surface area contributed by atoms with Crippen molar-refractivity contribution >= 4 is 34.7 Å². The van der Waals surface area contributed by atoms with Gasteiger partial charge in [0.1, 0.15) is 11.7 Å². The first-order chi connectivity index (χ1) is 20.6. The highest BCUT2D eigenvalue weighted by atomic mass is 19.4. The number of amides is 1. The van der Waals surface area contributed by atoms with E-state index in [0.29, 0.717) is 17.9 Å². The number of hydrogen-bond donors (Lipinski definition) is 1. The van der Waals surface area contributed by atoms with E-state index in [1.54, 1.807) is 30.3 Å². The van der Waals surface area contributed by atoms with Gasteiger partial charge in [-0.3, -0.25) is 4.79 Å². The fourth-order valence-electron chi connectivity index (χ4n) is 6.25. The van der Waals surface area contributed by atoms with Crippen LogP contribution in [0.4, 0.5) is 42.0 Å². The number of rotatable bonds is 8. The quantitative estimate of drug-likeness (QED) is 0.458. The molecule has 1 atom stereocenters. The topological polar surface area (TPSA) is 80.3 Å². The van der Waals surface area contributed by atoms with Crippen molar-refractivity contribution in [3.05, 3.63) is 36.7 Å². The maximum Gasteiger partial charge on any atom is 0.573 e. The molecule has 13 heteroatoms. The molecule has 1 aromatic carbocycles. The Labute approximate surface area is 251 Å². The van der Waals surface area contributed by atoms with E-state index in [0.717, 1.165) is 64.3 Å². The minimum atomic E-state index is -4.86. The predicted octanol–water partition coefficient (Wildman–Crippen LogP) is 4.82. The summed E-state index contributed by atoms with van der Waals surface area (Å²) in [6.07, 6.45) is 3.10. The number of halogens is 3. The van der Waals surface area contributed by atoms with Crippen LogP contribution in [0, 0.1) is 0 Å². The number of hydrogen-bond acceptors (Lipinski definition) is 9. The van der Waals surface area contributed by atoms with Gasteiger partial charge >= 0.3 is 6.36 Å². The molecule has 10 nitrogen and oxygen atoms in total. The molecule has 0 bridgehead atoms. The zero-order chi connectivity index (χ0) is 30.7. The first kappa shape index (κ1) is 30.7. The van der Waals surface area contributed by atoms with E-state index >= 15 is 0 Å². The lowest BCUT2D eigenvalue weighted by Gasteiger charge is -2.46. The van der Waals surface area contributed by atoms with Gasteiger partial charge in [0, 0.05) is 58.0 Å². The number of fused-ring (bicyclic) bond motifs is 1.